The number of hydroxylamine groups is 1. The second kappa shape index (κ2) is 6.68. The van der Waals surface area contributed by atoms with Crippen LogP contribution in [0.4, 0.5) is 28.4 Å². The maximum absolute atomic E-state index is 11.0. The number of hydrogen-bond donors (Lipinski definition) is 3. The summed E-state index contributed by atoms with van der Waals surface area (Å²) in [6.07, 6.45) is 3.17. The summed E-state index contributed by atoms with van der Waals surface area (Å²) in [6.45, 7) is 0.138. The standard InChI is InChI=1S/C15H11N5O7/c21-13-4-3-10(9-2-1-5-18(23)14(9)13)16-17-11-6-8(19(24)25)7-12(15(11)22)20(26)27/h1-4,6-7,21-23H,5H2. The van der Waals surface area contributed by atoms with Gasteiger partial charge in [-0.15, -0.1) is 10.2 Å². The van der Waals surface area contributed by atoms with Crippen molar-refractivity contribution in [2.75, 3.05) is 11.6 Å². The number of benzene rings is 2. The zero-order valence-electron chi connectivity index (χ0n) is 13.4. The van der Waals surface area contributed by atoms with Gasteiger partial charge in [0.2, 0.25) is 5.75 Å². The van der Waals surface area contributed by atoms with Gasteiger partial charge in [-0.25, -0.2) is 5.06 Å². The molecule has 0 saturated heterocycles. The van der Waals surface area contributed by atoms with Gasteiger partial charge >= 0.3 is 5.69 Å². The van der Waals surface area contributed by atoms with Gasteiger partial charge in [-0.1, -0.05) is 12.2 Å². The van der Waals surface area contributed by atoms with E-state index in [0.29, 0.717) is 11.6 Å². The third-order valence-corrected chi connectivity index (χ3v) is 3.72. The SMILES string of the molecule is O=[N+]([O-])c1cc(N=Nc2ccc(O)c3c2C=CCN3O)c(O)c([N+](=O)[O-])c1. The Kier molecular flexibility index (Phi) is 4.39. The number of nitro benzene ring substituents is 2. The summed E-state index contributed by atoms with van der Waals surface area (Å²) in [7, 11) is 0. The number of nitrogens with zero attached hydrogens (tertiary/aromatic N) is 5. The molecular formula is C15H11N5O7. The molecule has 3 N–H and O–H groups in total. The van der Waals surface area contributed by atoms with Crippen LogP contribution in [0.15, 0.2) is 40.6 Å². The lowest BCUT2D eigenvalue weighted by Gasteiger charge is -2.22. The van der Waals surface area contributed by atoms with Gasteiger partial charge in [0.05, 0.1) is 28.1 Å². The molecule has 0 aliphatic carbocycles. The number of anilines is 1. The highest BCUT2D eigenvalue weighted by molar-refractivity contribution is 5.83. The van der Waals surface area contributed by atoms with Crippen LogP contribution in [-0.2, 0) is 0 Å². The Balaban J connectivity index is 2.10. The van der Waals surface area contributed by atoms with E-state index in [0.717, 1.165) is 11.1 Å². The van der Waals surface area contributed by atoms with Crippen molar-refractivity contribution in [3.8, 4) is 11.5 Å². The normalized spacial score (nSPS) is 13.0. The van der Waals surface area contributed by atoms with Crippen LogP contribution in [0.3, 0.4) is 0 Å². The van der Waals surface area contributed by atoms with Gasteiger partial charge in [0.1, 0.15) is 17.1 Å². The summed E-state index contributed by atoms with van der Waals surface area (Å²) in [6, 6.07) is 4.07. The monoisotopic (exact) mass is 373 g/mol. The van der Waals surface area contributed by atoms with Crippen LogP contribution in [-0.4, -0.2) is 31.8 Å². The summed E-state index contributed by atoms with van der Waals surface area (Å²) in [5, 5.41) is 59.9. The van der Waals surface area contributed by atoms with Gasteiger partial charge in [-0.2, -0.15) is 0 Å². The van der Waals surface area contributed by atoms with E-state index in [1.54, 1.807) is 12.2 Å². The van der Waals surface area contributed by atoms with Gasteiger partial charge < -0.3 is 10.2 Å². The fourth-order valence-corrected chi connectivity index (χ4v) is 2.49. The molecule has 0 radical (unpaired) electrons. The molecule has 0 aromatic heterocycles. The Morgan fingerprint density at radius 3 is 2.41 bits per heavy atom. The minimum absolute atomic E-state index is 0.0863. The van der Waals surface area contributed by atoms with E-state index in [9.17, 15) is 35.6 Å². The van der Waals surface area contributed by atoms with Gasteiger partial charge in [-0.05, 0) is 12.1 Å². The quantitative estimate of drug-likeness (QED) is 0.414. The third kappa shape index (κ3) is 3.23. The van der Waals surface area contributed by atoms with Crippen LogP contribution in [0, 0.1) is 20.2 Å². The van der Waals surface area contributed by atoms with Crippen molar-refractivity contribution < 1.29 is 25.3 Å². The molecule has 138 valence electrons. The van der Waals surface area contributed by atoms with Crippen molar-refractivity contribution in [1.82, 2.24) is 0 Å². The van der Waals surface area contributed by atoms with Crippen molar-refractivity contribution in [2.45, 2.75) is 0 Å². The first-order valence-electron chi connectivity index (χ1n) is 7.36. The number of non-ortho nitro benzene ring substituents is 1. The molecule has 0 spiro atoms. The van der Waals surface area contributed by atoms with Crippen molar-refractivity contribution in [3.63, 3.8) is 0 Å². The molecule has 0 amide bonds. The molecule has 0 saturated carbocycles. The van der Waals surface area contributed by atoms with Crippen LogP contribution >= 0.6 is 0 Å². The van der Waals surface area contributed by atoms with Crippen molar-refractivity contribution in [2.24, 2.45) is 10.2 Å². The van der Waals surface area contributed by atoms with E-state index in [4.69, 9.17) is 0 Å². The maximum Gasteiger partial charge on any atom is 0.319 e. The fraction of sp³-hybridized carbons (Fsp3) is 0.0667. The van der Waals surface area contributed by atoms with E-state index < -0.39 is 32.7 Å². The first-order chi connectivity index (χ1) is 12.8. The predicted molar refractivity (Wildman–Crippen MR) is 91.9 cm³/mol. The highest BCUT2D eigenvalue weighted by Crippen LogP contribution is 2.43. The number of nitro groups is 2. The summed E-state index contributed by atoms with van der Waals surface area (Å²) >= 11 is 0. The molecule has 3 rings (SSSR count). The molecule has 12 heteroatoms. The fourth-order valence-electron chi connectivity index (χ4n) is 2.49. The second-order valence-electron chi connectivity index (χ2n) is 5.40. The molecule has 0 unspecified atom stereocenters. The Bertz CT molecular complexity index is 1020. The zero-order chi connectivity index (χ0) is 19.7. The van der Waals surface area contributed by atoms with Crippen LogP contribution in [0.25, 0.3) is 6.08 Å². The molecule has 1 aliphatic rings. The van der Waals surface area contributed by atoms with Crippen LogP contribution in [0.5, 0.6) is 11.5 Å². The number of aromatic hydroxyl groups is 2. The molecule has 12 nitrogen and oxygen atoms in total. The van der Waals surface area contributed by atoms with E-state index in [1.165, 1.54) is 12.1 Å². The molecule has 1 aliphatic heterocycles. The van der Waals surface area contributed by atoms with Gasteiger partial charge in [0.15, 0.2) is 0 Å². The molecule has 1 heterocycles. The summed E-state index contributed by atoms with van der Waals surface area (Å²) in [5.41, 5.74) is -1.44. The van der Waals surface area contributed by atoms with Crippen LogP contribution < -0.4 is 5.06 Å². The molecule has 0 fully saturated rings. The van der Waals surface area contributed by atoms with Crippen molar-refractivity contribution >= 4 is 34.5 Å². The van der Waals surface area contributed by atoms with E-state index in [1.807, 2.05) is 0 Å². The lowest BCUT2D eigenvalue weighted by Crippen LogP contribution is -2.21. The topological polar surface area (TPSA) is 175 Å². The Labute approximate surface area is 150 Å². The van der Waals surface area contributed by atoms with Crippen molar-refractivity contribution in [3.05, 3.63) is 56.1 Å². The number of azo groups is 1. The molecular weight excluding hydrogens is 362 g/mol. The molecule has 0 bridgehead atoms. The first-order valence-corrected chi connectivity index (χ1v) is 7.36. The average Bonchev–Trinajstić information content (AvgIpc) is 2.61. The number of phenols is 2. The first kappa shape index (κ1) is 17.8. The number of hydrogen-bond acceptors (Lipinski definition) is 10. The largest absolute Gasteiger partial charge is 0.506 e. The van der Waals surface area contributed by atoms with Gasteiger partial charge in [0, 0.05) is 11.6 Å². The number of rotatable bonds is 4. The summed E-state index contributed by atoms with van der Waals surface area (Å²) < 4.78 is 0. The van der Waals surface area contributed by atoms with E-state index in [-0.39, 0.29) is 23.7 Å². The molecule has 0 atom stereocenters. The minimum atomic E-state index is -0.976. The van der Waals surface area contributed by atoms with Crippen LogP contribution in [0.2, 0.25) is 0 Å². The smallest absolute Gasteiger partial charge is 0.319 e. The Hall–Kier alpha value is -4.06. The molecule has 27 heavy (non-hydrogen) atoms. The maximum atomic E-state index is 11.0. The highest BCUT2D eigenvalue weighted by atomic mass is 16.6. The number of phenolic OH excluding ortho intramolecular Hbond substituents is 2. The van der Waals surface area contributed by atoms with Crippen LogP contribution in [0.1, 0.15) is 5.56 Å². The van der Waals surface area contributed by atoms with E-state index >= 15 is 0 Å². The second-order valence-corrected chi connectivity index (χ2v) is 5.40. The minimum Gasteiger partial charge on any atom is -0.506 e. The lowest BCUT2D eigenvalue weighted by atomic mass is 10.1. The Morgan fingerprint density at radius 2 is 1.74 bits per heavy atom. The summed E-state index contributed by atoms with van der Waals surface area (Å²) in [5.74, 6) is -1.08. The average molecular weight is 373 g/mol. The Morgan fingerprint density at radius 1 is 1.04 bits per heavy atom. The molecule has 2 aromatic rings. The van der Waals surface area contributed by atoms with E-state index in [2.05, 4.69) is 10.2 Å². The summed E-state index contributed by atoms with van der Waals surface area (Å²) in [4.78, 5) is 20.1. The zero-order valence-corrected chi connectivity index (χ0v) is 13.4. The number of fused-ring (bicyclic) bond motifs is 1. The predicted octanol–water partition coefficient (Wildman–Crippen LogP) is 3.55. The van der Waals surface area contributed by atoms with Gasteiger partial charge in [-0.3, -0.25) is 25.4 Å². The lowest BCUT2D eigenvalue weighted by molar-refractivity contribution is -0.394. The van der Waals surface area contributed by atoms with Crippen molar-refractivity contribution in [1.29, 1.82) is 0 Å². The molecule has 2 aromatic carbocycles. The van der Waals surface area contributed by atoms with Gasteiger partial charge in [0.25, 0.3) is 5.69 Å². The highest BCUT2D eigenvalue weighted by Gasteiger charge is 2.24. The third-order valence-electron chi connectivity index (χ3n) is 3.72.